The van der Waals surface area contributed by atoms with E-state index in [-0.39, 0.29) is 6.03 Å². The van der Waals surface area contributed by atoms with Gasteiger partial charge in [0.1, 0.15) is 17.3 Å². The molecule has 0 radical (unpaired) electrons. The molecule has 40 heavy (non-hydrogen) atoms. The molecule has 1 aliphatic heterocycles. The van der Waals surface area contributed by atoms with Crippen LogP contribution in [0.15, 0.2) is 97.2 Å². The van der Waals surface area contributed by atoms with Crippen molar-refractivity contribution in [1.29, 1.82) is 0 Å². The number of benzene rings is 3. The largest absolute Gasteiger partial charge is 0.497 e. The summed E-state index contributed by atoms with van der Waals surface area (Å²) in [6.45, 7) is 4.87. The van der Waals surface area contributed by atoms with Crippen molar-refractivity contribution >= 4 is 11.7 Å². The number of carbonyl (C=O) groups is 1. The van der Waals surface area contributed by atoms with Crippen LogP contribution in [0.4, 0.5) is 10.5 Å². The molecule has 3 heterocycles. The number of para-hydroxylation sites is 1. The second kappa shape index (κ2) is 10.6. The first-order chi connectivity index (χ1) is 19.6. The minimum atomic E-state index is -0.392. The van der Waals surface area contributed by atoms with Gasteiger partial charge in [0.2, 0.25) is 0 Å². The average molecular weight is 534 g/mol. The summed E-state index contributed by atoms with van der Waals surface area (Å²) in [5.74, 6) is 2.36. The molecular weight excluding hydrogens is 502 g/mol. The number of rotatable bonds is 6. The summed E-state index contributed by atoms with van der Waals surface area (Å²) in [6.07, 6.45) is 2.04. The van der Waals surface area contributed by atoms with Gasteiger partial charge in [0, 0.05) is 23.5 Å². The third-order valence-electron chi connectivity index (χ3n) is 7.15. The van der Waals surface area contributed by atoms with E-state index in [2.05, 4.69) is 16.0 Å². The summed E-state index contributed by atoms with van der Waals surface area (Å²) >= 11 is 0. The van der Waals surface area contributed by atoms with Gasteiger partial charge >= 0.3 is 6.03 Å². The Morgan fingerprint density at radius 1 is 0.975 bits per heavy atom. The number of urea groups is 1. The number of fused-ring (bicyclic) bond motifs is 3. The molecule has 1 atom stereocenters. The predicted molar refractivity (Wildman–Crippen MR) is 155 cm³/mol. The van der Waals surface area contributed by atoms with Crippen LogP contribution in [0.25, 0.3) is 11.5 Å². The molecule has 0 unspecified atom stereocenters. The van der Waals surface area contributed by atoms with Crippen LogP contribution in [0.2, 0.25) is 0 Å². The number of nitrogens with one attached hydrogen (secondary N) is 1. The first kappa shape index (κ1) is 25.3. The van der Waals surface area contributed by atoms with Crippen LogP contribution in [0.1, 0.15) is 35.5 Å². The summed E-state index contributed by atoms with van der Waals surface area (Å²) in [5, 5.41) is 8.02. The Balaban J connectivity index is 1.52. The zero-order chi connectivity index (χ0) is 27.6. The molecule has 0 fully saturated rings. The molecular formula is C32H31N5O3. The Morgan fingerprint density at radius 2 is 1.77 bits per heavy atom. The molecule has 1 N–H and O–H groups in total. The average Bonchev–Trinajstić information content (AvgIpc) is 3.54. The summed E-state index contributed by atoms with van der Waals surface area (Å²) in [7, 11) is 1.61. The van der Waals surface area contributed by atoms with E-state index >= 15 is 0 Å². The minimum absolute atomic E-state index is 0.229. The number of aromatic nitrogens is 3. The standard InChI is InChI=1S/C32H31N5O3/c1-4-40-27-16-8-11-23(19-27)30-29-17-10-18-35(29)31-28(22(2)34-37(31)25-13-6-5-7-14-25)21-36(30)32(38)33-24-12-9-15-26(20-24)39-3/h5-20,30H,4,21H2,1-3H3,(H,33,38)/t30-/m0/s1. The topological polar surface area (TPSA) is 73.5 Å². The second-order valence-electron chi connectivity index (χ2n) is 9.64. The lowest BCUT2D eigenvalue weighted by Gasteiger charge is -2.31. The van der Waals surface area contributed by atoms with E-state index in [1.165, 1.54) is 0 Å². The van der Waals surface area contributed by atoms with Crippen molar-refractivity contribution < 1.29 is 14.3 Å². The lowest BCUT2D eigenvalue weighted by atomic mass is 10.0. The molecule has 8 nitrogen and oxygen atoms in total. The van der Waals surface area contributed by atoms with Crippen LogP contribution in [0.3, 0.4) is 0 Å². The first-order valence-corrected chi connectivity index (χ1v) is 13.3. The fraction of sp³-hybridized carbons (Fsp3) is 0.188. The molecule has 0 aliphatic carbocycles. The predicted octanol–water partition coefficient (Wildman–Crippen LogP) is 6.52. The van der Waals surface area contributed by atoms with Crippen molar-refractivity contribution in [1.82, 2.24) is 19.2 Å². The Labute approximate surface area is 233 Å². The first-order valence-electron chi connectivity index (χ1n) is 13.3. The van der Waals surface area contributed by atoms with E-state index in [9.17, 15) is 4.79 Å². The van der Waals surface area contributed by atoms with Crippen LogP contribution in [-0.4, -0.2) is 39.0 Å². The molecule has 2 aromatic heterocycles. The number of hydrogen-bond donors (Lipinski definition) is 1. The monoisotopic (exact) mass is 533 g/mol. The molecule has 5 aromatic rings. The molecule has 0 saturated carbocycles. The number of hydrogen-bond acceptors (Lipinski definition) is 4. The van der Waals surface area contributed by atoms with Gasteiger partial charge in [-0.25, -0.2) is 9.48 Å². The zero-order valence-electron chi connectivity index (χ0n) is 22.7. The molecule has 2 amide bonds. The highest BCUT2D eigenvalue weighted by Crippen LogP contribution is 2.39. The number of aryl methyl sites for hydroxylation is 1. The van der Waals surface area contributed by atoms with Crippen LogP contribution in [0.5, 0.6) is 11.5 Å². The summed E-state index contributed by atoms with van der Waals surface area (Å²) in [5.41, 5.74) is 5.35. The smallest absolute Gasteiger partial charge is 0.322 e. The molecule has 6 rings (SSSR count). The van der Waals surface area contributed by atoms with E-state index in [1.54, 1.807) is 7.11 Å². The molecule has 0 saturated heterocycles. The molecule has 0 bridgehead atoms. The molecule has 202 valence electrons. The number of anilines is 1. The van der Waals surface area contributed by atoms with Crippen LogP contribution < -0.4 is 14.8 Å². The van der Waals surface area contributed by atoms with Gasteiger partial charge in [0.05, 0.1) is 43.4 Å². The highest BCUT2D eigenvalue weighted by Gasteiger charge is 2.36. The van der Waals surface area contributed by atoms with Crippen LogP contribution >= 0.6 is 0 Å². The molecule has 1 aliphatic rings. The van der Waals surface area contributed by atoms with E-state index in [0.29, 0.717) is 24.6 Å². The fourth-order valence-corrected chi connectivity index (χ4v) is 5.34. The highest BCUT2D eigenvalue weighted by atomic mass is 16.5. The van der Waals surface area contributed by atoms with Crippen molar-refractivity contribution in [2.75, 3.05) is 19.0 Å². The van der Waals surface area contributed by atoms with Crippen molar-refractivity contribution in [2.24, 2.45) is 0 Å². The van der Waals surface area contributed by atoms with Crippen LogP contribution in [-0.2, 0) is 6.54 Å². The van der Waals surface area contributed by atoms with Gasteiger partial charge in [-0.15, -0.1) is 0 Å². The Hall–Kier alpha value is -4.98. The van der Waals surface area contributed by atoms with Gasteiger partial charge in [-0.2, -0.15) is 5.10 Å². The maximum atomic E-state index is 14.2. The third kappa shape index (κ3) is 4.58. The second-order valence-corrected chi connectivity index (χ2v) is 9.64. The SMILES string of the molecule is CCOc1cccc([C@H]2c3cccn3-c3c(c(C)nn3-c3ccccc3)CN2C(=O)Nc2cccc(OC)c2)c1. The summed E-state index contributed by atoms with van der Waals surface area (Å²) in [6, 6.07) is 28.9. The van der Waals surface area contributed by atoms with E-state index in [4.69, 9.17) is 14.6 Å². The summed E-state index contributed by atoms with van der Waals surface area (Å²) < 4.78 is 15.3. The quantitative estimate of drug-likeness (QED) is 0.270. The van der Waals surface area contributed by atoms with E-state index in [1.807, 2.05) is 115 Å². The zero-order valence-corrected chi connectivity index (χ0v) is 22.7. The molecule has 0 spiro atoms. The maximum absolute atomic E-state index is 14.2. The fourth-order valence-electron chi connectivity index (χ4n) is 5.34. The van der Waals surface area contributed by atoms with Gasteiger partial charge in [0.25, 0.3) is 0 Å². The number of carbonyl (C=O) groups excluding carboxylic acids is 1. The number of ether oxygens (including phenoxy) is 2. The van der Waals surface area contributed by atoms with Crippen molar-refractivity contribution in [3.63, 3.8) is 0 Å². The van der Waals surface area contributed by atoms with E-state index in [0.717, 1.165) is 39.8 Å². The minimum Gasteiger partial charge on any atom is -0.497 e. The van der Waals surface area contributed by atoms with Gasteiger partial charge < -0.3 is 24.3 Å². The lowest BCUT2D eigenvalue weighted by molar-refractivity contribution is 0.194. The Bertz CT molecular complexity index is 1660. The highest BCUT2D eigenvalue weighted by molar-refractivity contribution is 5.90. The van der Waals surface area contributed by atoms with Gasteiger partial charge in [0.15, 0.2) is 0 Å². The Morgan fingerprint density at radius 3 is 2.58 bits per heavy atom. The van der Waals surface area contributed by atoms with Crippen molar-refractivity contribution in [2.45, 2.75) is 26.4 Å². The normalized spacial score (nSPS) is 14.2. The lowest BCUT2D eigenvalue weighted by Crippen LogP contribution is -2.38. The number of nitrogens with zero attached hydrogens (tertiary/aromatic N) is 4. The van der Waals surface area contributed by atoms with E-state index < -0.39 is 6.04 Å². The van der Waals surface area contributed by atoms with Gasteiger partial charge in [-0.05, 0) is 67.9 Å². The molecule has 8 heteroatoms. The van der Waals surface area contributed by atoms with Gasteiger partial charge in [-0.3, -0.25) is 0 Å². The van der Waals surface area contributed by atoms with Crippen molar-refractivity contribution in [3.05, 3.63) is 120 Å². The number of methoxy groups -OCH3 is 1. The van der Waals surface area contributed by atoms with Gasteiger partial charge in [-0.1, -0.05) is 36.4 Å². The third-order valence-corrected chi connectivity index (χ3v) is 7.15. The van der Waals surface area contributed by atoms with Crippen LogP contribution in [0, 0.1) is 6.92 Å². The maximum Gasteiger partial charge on any atom is 0.322 e. The Kier molecular flexibility index (Phi) is 6.74. The summed E-state index contributed by atoms with van der Waals surface area (Å²) in [4.78, 5) is 16.0. The van der Waals surface area contributed by atoms with Crippen molar-refractivity contribution in [3.8, 4) is 23.0 Å². The number of amides is 2. The molecule has 3 aromatic carbocycles.